The molecule has 0 aromatic carbocycles. The van der Waals surface area contributed by atoms with Gasteiger partial charge >= 0.3 is 5.97 Å². The van der Waals surface area contributed by atoms with E-state index < -0.39 is 0 Å². The lowest BCUT2D eigenvalue weighted by atomic mass is 9.97. The van der Waals surface area contributed by atoms with Crippen LogP contribution in [-0.4, -0.2) is 49.2 Å². The first-order valence-electron chi connectivity index (χ1n) is 7.62. The van der Waals surface area contributed by atoms with Crippen LogP contribution < -0.4 is 5.32 Å². The molecule has 1 saturated heterocycles. The molecule has 1 N–H and O–H groups in total. The predicted molar refractivity (Wildman–Crippen MR) is 82.7 cm³/mol. The highest BCUT2D eigenvalue weighted by atomic mass is 16.5. The zero-order valence-electron chi connectivity index (χ0n) is 13.5. The number of rotatable bonds is 6. The van der Waals surface area contributed by atoms with Crippen LogP contribution in [0.5, 0.6) is 0 Å². The van der Waals surface area contributed by atoms with E-state index in [1.165, 1.54) is 5.57 Å². The fourth-order valence-corrected chi connectivity index (χ4v) is 2.41. The molecule has 0 bridgehead atoms. The maximum Gasteiger partial charge on any atom is 0.310 e. The number of piperidine rings is 1. The summed E-state index contributed by atoms with van der Waals surface area (Å²) in [5.74, 6) is -0.0114. The van der Waals surface area contributed by atoms with Gasteiger partial charge < -0.3 is 10.1 Å². The van der Waals surface area contributed by atoms with Crippen molar-refractivity contribution in [3.8, 4) is 0 Å². The molecule has 20 heavy (non-hydrogen) atoms. The molecule has 1 unspecified atom stereocenters. The number of hydrogen-bond acceptors (Lipinski definition) is 4. The minimum absolute atomic E-state index is 0.0343. The Hall–Kier alpha value is -0.870. The number of esters is 1. The van der Waals surface area contributed by atoms with Crippen molar-refractivity contribution in [1.82, 2.24) is 10.2 Å². The molecular formula is C16H30N2O2. The largest absolute Gasteiger partial charge is 0.466 e. The van der Waals surface area contributed by atoms with Crippen molar-refractivity contribution in [1.29, 1.82) is 0 Å². The van der Waals surface area contributed by atoms with E-state index >= 15 is 0 Å². The Morgan fingerprint density at radius 2 is 2.15 bits per heavy atom. The second-order valence-electron chi connectivity index (χ2n) is 6.68. The van der Waals surface area contributed by atoms with Gasteiger partial charge in [-0.25, -0.2) is 0 Å². The van der Waals surface area contributed by atoms with Crippen molar-refractivity contribution >= 4 is 5.97 Å². The van der Waals surface area contributed by atoms with Crippen molar-refractivity contribution in [3.05, 3.63) is 12.2 Å². The van der Waals surface area contributed by atoms with Crippen LogP contribution in [0.3, 0.4) is 0 Å². The van der Waals surface area contributed by atoms with Gasteiger partial charge in [-0.3, -0.25) is 9.69 Å². The van der Waals surface area contributed by atoms with Gasteiger partial charge in [-0.1, -0.05) is 6.58 Å². The van der Waals surface area contributed by atoms with E-state index in [-0.39, 0.29) is 17.4 Å². The molecular weight excluding hydrogens is 252 g/mol. The molecule has 116 valence electrons. The number of carbonyl (C=O) groups excluding carboxylic acids is 1. The van der Waals surface area contributed by atoms with Crippen molar-refractivity contribution in [2.75, 3.05) is 32.8 Å². The van der Waals surface area contributed by atoms with Crippen LogP contribution in [0, 0.1) is 5.92 Å². The van der Waals surface area contributed by atoms with Crippen LogP contribution in [0.4, 0.5) is 0 Å². The molecule has 1 aliphatic rings. The molecule has 1 atom stereocenters. The number of hydrogen-bond donors (Lipinski definition) is 1. The van der Waals surface area contributed by atoms with E-state index in [9.17, 15) is 4.79 Å². The fraction of sp³-hybridized carbons (Fsp3) is 0.812. The van der Waals surface area contributed by atoms with Gasteiger partial charge in [-0.2, -0.15) is 0 Å². The average Bonchev–Trinajstić information content (AvgIpc) is 2.36. The minimum atomic E-state index is -0.0457. The summed E-state index contributed by atoms with van der Waals surface area (Å²) in [6.07, 6.45) is 2.01. The Bertz CT molecular complexity index is 334. The molecule has 0 spiro atoms. The Morgan fingerprint density at radius 3 is 2.75 bits per heavy atom. The van der Waals surface area contributed by atoms with Gasteiger partial charge in [0, 0.05) is 25.2 Å². The van der Waals surface area contributed by atoms with Gasteiger partial charge in [-0.15, -0.1) is 0 Å². The summed E-state index contributed by atoms with van der Waals surface area (Å²) in [5.41, 5.74) is 1.28. The highest BCUT2D eigenvalue weighted by molar-refractivity contribution is 5.72. The first-order chi connectivity index (χ1) is 9.31. The van der Waals surface area contributed by atoms with E-state index in [4.69, 9.17) is 4.74 Å². The van der Waals surface area contributed by atoms with Crippen molar-refractivity contribution in [2.24, 2.45) is 5.92 Å². The molecule has 4 heteroatoms. The summed E-state index contributed by atoms with van der Waals surface area (Å²) in [5, 5.41) is 3.45. The van der Waals surface area contributed by atoms with Gasteiger partial charge in [0.15, 0.2) is 0 Å². The van der Waals surface area contributed by atoms with Crippen LogP contribution in [0.1, 0.15) is 40.5 Å². The lowest BCUT2D eigenvalue weighted by Crippen LogP contribution is -2.42. The second-order valence-corrected chi connectivity index (χ2v) is 6.68. The smallest absolute Gasteiger partial charge is 0.310 e. The SMILES string of the molecule is C=C(CNC(C)(C)C)CN1CCCC(C(=O)OCC)C1. The molecule has 1 rings (SSSR count). The van der Waals surface area contributed by atoms with E-state index in [1.54, 1.807) is 0 Å². The third-order valence-electron chi connectivity index (χ3n) is 3.44. The zero-order valence-corrected chi connectivity index (χ0v) is 13.5. The molecule has 0 aromatic rings. The molecule has 1 heterocycles. The standard InChI is InChI=1S/C16H30N2O2/c1-6-20-15(19)14-8-7-9-18(12-14)11-13(2)10-17-16(3,4)5/h14,17H,2,6-12H2,1,3-5H3. The van der Waals surface area contributed by atoms with Crippen LogP contribution in [0.2, 0.25) is 0 Å². The predicted octanol–water partition coefficient (Wildman–Crippen LogP) is 2.21. The summed E-state index contributed by atoms with van der Waals surface area (Å²) in [6, 6.07) is 0. The quantitative estimate of drug-likeness (QED) is 0.599. The molecule has 0 aliphatic carbocycles. The number of nitrogens with one attached hydrogen (secondary N) is 1. The van der Waals surface area contributed by atoms with Crippen molar-refractivity contribution < 1.29 is 9.53 Å². The highest BCUT2D eigenvalue weighted by Gasteiger charge is 2.26. The molecule has 4 nitrogen and oxygen atoms in total. The Balaban J connectivity index is 2.36. The lowest BCUT2D eigenvalue weighted by Gasteiger charge is -2.32. The normalized spacial score (nSPS) is 20.7. The van der Waals surface area contributed by atoms with Gasteiger partial charge in [0.25, 0.3) is 0 Å². The van der Waals surface area contributed by atoms with Gasteiger partial charge in [0.05, 0.1) is 12.5 Å². The monoisotopic (exact) mass is 282 g/mol. The number of likely N-dealkylation sites (tertiary alicyclic amines) is 1. The van der Waals surface area contributed by atoms with Crippen LogP contribution in [0.25, 0.3) is 0 Å². The Morgan fingerprint density at radius 1 is 1.45 bits per heavy atom. The first kappa shape index (κ1) is 17.2. The summed E-state index contributed by atoms with van der Waals surface area (Å²) in [6.45, 7) is 16.4. The highest BCUT2D eigenvalue weighted by Crippen LogP contribution is 2.18. The van der Waals surface area contributed by atoms with Gasteiger partial charge in [0.1, 0.15) is 0 Å². The third kappa shape index (κ3) is 6.53. The average molecular weight is 282 g/mol. The first-order valence-corrected chi connectivity index (χ1v) is 7.62. The molecule has 0 amide bonds. The zero-order chi connectivity index (χ0) is 15.2. The van der Waals surface area contributed by atoms with Gasteiger partial charge in [0.2, 0.25) is 0 Å². The Kier molecular flexibility index (Phi) is 6.69. The summed E-state index contributed by atoms with van der Waals surface area (Å²) in [4.78, 5) is 14.1. The van der Waals surface area contributed by atoms with Crippen molar-refractivity contribution in [2.45, 2.75) is 46.1 Å². The number of carbonyl (C=O) groups is 1. The minimum Gasteiger partial charge on any atom is -0.466 e. The topological polar surface area (TPSA) is 41.6 Å². The van der Waals surface area contributed by atoms with Crippen LogP contribution >= 0.6 is 0 Å². The summed E-state index contributed by atoms with van der Waals surface area (Å²) >= 11 is 0. The molecule has 0 saturated carbocycles. The lowest BCUT2D eigenvalue weighted by molar-refractivity contribution is -0.149. The van der Waals surface area contributed by atoms with E-state index in [0.29, 0.717) is 6.61 Å². The summed E-state index contributed by atoms with van der Waals surface area (Å²) < 4.78 is 5.13. The number of ether oxygens (including phenoxy) is 1. The molecule has 1 aliphatic heterocycles. The van der Waals surface area contributed by atoms with E-state index in [2.05, 4.69) is 37.6 Å². The molecule has 0 radical (unpaired) electrons. The van der Waals surface area contributed by atoms with Crippen LogP contribution in [-0.2, 0) is 9.53 Å². The maximum atomic E-state index is 11.8. The Labute approximate surface area is 123 Å². The van der Waals surface area contributed by atoms with Gasteiger partial charge in [-0.05, 0) is 52.7 Å². The van der Waals surface area contributed by atoms with E-state index in [1.807, 2.05) is 6.92 Å². The number of nitrogens with zero attached hydrogens (tertiary/aromatic N) is 1. The van der Waals surface area contributed by atoms with Crippen molar-refractivity contribution in [3.63, 3.8) is 0 Å². The summed E-state index contributed by atoms with van der Waals surface area (Å²) in [7, 11) is 0. The second kappa shape index (κ2) is 7.79. The molecule has 1 fully saturated rings. The molecule has 0 aromatic heterocycles. The third-order valence-corrected chi connectivity index (χ3v) is 3.44. The fourth-order valence-electron chi connectivity index (χ4n) is 2.41. The van der Waals surface area contributed by atoms with Crippen LogP contribution in [0.15, 0.2) is 12.2 Å². The van der Waals surface area contributed by atoms with E-state index in [0.717, 1.165) is 39.0 Å². The maximum absolute atomic E-state index is 11.8.